The molecular formula is C20H18ClN3O5. The molecule has 0 radical (unpaired) electrons. The van der Waals surface area contributed by atoms with Gasteiger partial charge in [0, 0.05) is 11.9 Å². The number of carbonyl (C=O) groups excluding carboxylic acids is 3. The predicted octanol–water partition coefficient (Wildman–Crippen LogP) is 3.38. The second-order valence-electron chi connectivity index (χ2n) is 6.07. The van der Waals surface area contributed by atoms with Gasteiger partial charge in [-0.2, -0.15) is 0 Å². The Kier molecular flexibility index (Phi) is 5.84. The molecule has 0 saturated heterocycles. The number of fused-ring (bicyclic) bond motifs is 1. The summed E-state index contributed by atoms with van der Waals surface area (Å²) in [5, 5.41) is 3.16. The van der Waals surface area contributed by atoms with E-state index in [4.69, 9.17) is 21.1 Å². The van der Waals surface area contributed by atoms with Crippen LogP contribution in [0.25, 0.3) is 5.65 Å². The normalized spacial score (nSPS) is 10.6. The summed E-state index contributed by atoms with van der Waals surface area (Å²) in [6.45, 7) is 1.88. The van der Waals surface area contributed by atoms with Crippen LogP contribution in [0, 0.1) is 0 Å². The molecule has 0 aliphatic carbocycles. The van der Waals surface area contributed by atoms with Crippen molar-refractivity contribution >= 4 is 40.8 Å². The Hall–Kier alpha value is -3.39. The number of imidazole rings is 1. The monoisotopic (exact) mass is 415 g/mol. The number of benzene rings is 1. The smallest absolute Gasteiger partial charge is 0.337 e. The molecule has 1 N–H and O–H groups in total. The molecule has 1 aromatic carbocycles. The first kappa shape index (κ1) is 20.3. The lowest BCUT2D eigenvalue weighted by Gasteiger charge is -2.10. The first-order valence-electron chi connectivity index (χ1n) is 8.67. The summed E-state index contributed by atoms with van der Waals surface area (Å²) in [6.07, 6.45) is 2.13. The highest BCUT2D eigenvalue weighted by Gasteiger charge is 2.20. The van der Waals surface area contributed by atoms with Gasteiger partial charge in [0.1, 0.15) is 11.3 Å². The number of aryl methyl sites for hydroxylation is 1. The molecule has 8 nitrogen and oxygen atoms in total. The maximum Gasteiger partial charge on any atom is 0.337 e. The van der Waals surface area contributed by atoms with E-state index in [-0.39, 0.29) is 16.8 Å². The molecule has 0 unspecified atom stereocenters. The van der Waals surface area contributed by atoms with Crippen molar-refractivity contribution in [2.24, 2.45) is 0 Å². The zero-order chi connectivity index (χ0) is 21.1. The Morgan fingerprint density at radius 1 is 1.07 bits per heavy atom. The van der Waals surface area contributed by atoms with Crippen molar-refractivity contribution in [1.29, 1.82) is 0 Å². The molecule has 0 atom stereocenters. The molecule has 2 aromatic heterocycles. The van der Waals surface area contributed by atoms with Gasteiger partial charge in [0.25, 0.3) is 5.91 Å². The van der Waals surface area contributed by atoms with Gasteiger partial charge in [0.05, 0.1) is 36.1 Å². The number of hydrogen-bond donors (Lipinski definition) is 1. The minimum absolute atomic E-state index is 0.0996. The van der Waals surface area contributed by atoms with E-state index in [0.717, 1.165) is 0 Å². The van der Waals surface area contributed by atoms with Crippen LogP contribution in [0.3, 0.4) is 0 Å². The van der Waals surface area contributed by atoms with Crippen LogP contribution in [-0.2, 0) is 15.9 Å². The summed E-state index contributed by atoms with van der Waals surface area (Å²) >= 11 is 6.07. The first-order valence-corrected chi connectivity index (χ1v) is 9.05. The fraction of sp³-hybridized carbons (Fsp3) is 0.200. The third kappa shape index (κ3) is 4.07. The fourth-order valence-corrected chi connectivity index (χ4v) is 3.08. The third-order valence-corrected chi connectivity index (χ3v) is 4.46. The molecule has 2 heterocycles. The van der Waals surface area contributed by atoms with E-state index in [9.17, 15) is 14.4 Å². The van der Waals surface area contributed by atoms with Gasteiger partial charge in [-0.05, 0) is 36.8 Å². The predicted molar refractivity (Wildman–Crippen MR) is 107 cm³/mol. The highest BCUT2D eigenvalue weighted by Crippen LogP contribution is 2.21. The standard InChI is InChI=1S/C20H18ClN3O5/c1-4-15-17(24-10-13(21)5-6-16(24)23-15)18(25)22-14-8-11(19(26)28-2)7-12(9-14)20(27)29-3/h5-10H,4H2,1-3H3,(H,22,25). The van der Waals surface area contributed by atoms with Crippen molar-refractivity contribution in [2.75, 3.05) is 19.5 Å². The number of ether oxygens (including phenoxy) is 2. The summed E-state index contributed by atoms with van der Waals surface area (Å²) in [7, 11) is 2.45. The molecular weight excluding hydrogens is 398 g/mol. The Labute approximate surface area is 171 Å². The van der Waals surface area contributed by atoms with E-state index in [1.807, 2.05) is 6.92 Å². The second kappa shape index (κ2) is 8.32. The molecule has 0 saturated carbocycles. The number of hydrogen-bond acceptors (Lipinski definition) is 6. The summed E-state index contributed by atoms with van der Waals surface area (Å²) in [4.78, 5) is 41.4. The van der Waals surface area contributed by atoms with Crippen molar-refractivity contribution in [3.63, 3.8) is 0 Å². The van der Waals surface area contributed by atoms with E-state index in [1.165, 1.54) is 32.4 Å². The lowest BCUT2D eigenvalue weighted by atomic mass is 10.1. The number of esters is 2. The van der Waals surface area contributed by atoms with E-state index >= 15 is 0 Å². The van der Waals surface area contributed by atoms with Crippen LogP contribution in [0.5, 0.6) is 0 Å². The van der Waals surface area contributed by atoms with Crippen LogP contribution in [0.15, 0.2) is 36.5 Å². The minimum Gasteiger partial charge on any atom is -0.465 e. The molecule has 0 fully saturated rings. The Bertz CT molecular complexity index is 1090. The minimum atomic E-state index is -0.651. The maximum atomic E-state index is 13.0. The summed E-state index contributed by atoms with van der Waals surface area (Å²) in [5.74, 6) is -1.77. The number of halogens is 1. The number of amides is 1. The Balaban J connectivity index is 2.05. The summed E-state index contributed by atoms with van der Waals surface area (Å²) in [6, 6.07) is 7.56. The molecule has 9 heteroatoms. The number of anilines is 1. The molecule has 1 amide bonds. The van der Waals surface area contributed by atoms with Gasteiger partial charge in [-0.3, -0.25) is 9.20 Å². The summed E-state index contributed by atoms with van der Waals surface area (Å²) in [5.41, 5.74) is 1.91. The quantitative estimate of drug-likeness (QED) is 0.641. The van der Waals surface area contributed by atoms with Gasteiger partial charge >= 0.3 is 11.9 Å². The number of methoxy groups -OCH3 is 2. The van der Waals surface area contributed by atoms with Crippen LogP contribution < -0.4 is 5.32 Å². The molecule has 0 spiro atoms. The van der Waals surface area contributed by atoms with Crippen LogP contribution in [0.1, 0.15) is 43.8 Å². The van der Waals surface area contributed by atoms with Gasteiger partial charge < -0.3 is 14.8 Å². The summed E-state index contributed by atoms with van der Waals surface area (Å²) < 4.78 is 11.0. The van der Waals surface area contributed by atoms with Gasteiger partial charge in [0.2, 0.25) is 0 Å². The van der Waals surface area contributed by atoms with Crippen molar-refractivity contribution in [1.82, 2.24) is 9.38 Å². The first-order chi connectivity index (χ1) is 13.9. The van der Waals surface area contributed by atoms with Crippen molar-refractivity contribution < 1.29 is 23.9 Å². The Morgan fingerprint density at radius 3 is 2.24 bits per heavy atom. The molecule has 3 aromatic rings. The highest BCUT2D eigenvalue weighted by atomic mass is 35.5. The van der Waals surface area contributed by atoms with Crippen LogP contribution >= 0.6 is 11.6 Å². The molecule has 3 rings (SSSR count). The maximum absolute atomic E-state index is 13.0. The number of aromatic nitrogens is 2. The zero-order valence-corrected chi connectivity index (χ0v) is 16.7. The largest absolute Gasteiger partial charge is 0.465 e. The zero-order valence-electron chi connectivity index (χ0n) is 16.0. The number of pyridine rings is 1. The topological polar surface area (TPSA) is 99.0 Å². The molecule has 0 aliphatic rings. The average molecular weight is 416 g/mol. The fourth-order valence-electron chi connectivity index (χ4n) is 2.92. The third-order valence-electron chi connectivity index (χ3n) is 4.24. The van der Waals surface area contributed by atoms with Gasteiger partial charge in [-0.25, -0.2) is 14.6 Å². The van der Waals surface area contributed by atoms with Crippen molar-refractivity contribution in [3.05, 3.63) is 64.1 Å². The second-order valence-corrected chi connectivity index (χ2v) is 6.51. The Morgan fingerprint density at radius 2 is 1.69 bits per heavy atom. The van der Waals surface area contributed by atoms with Gasteiger partial charge in [-0.15, -0.1) is 0 Å². The average Bonchev–Trinajstić information content (AvgIpc) is 3.09. The van der Waals surface area contributed by atoms with Crippen LogP contribution in [0.4, 0.5) is 5.69 Å². The van der Waals surface area contributed by atoms with Crippen molar-refractivity contribution in [3.8, 4) is 0 Å². The SMILES string of the molecule is CCc1nc2ccc(Cl)cn2c1C(=O)Nc1cc(C(=O)OC)cc(C(=O)OC)c1. The van der Waals surface area contributed by atoms with Crippen LogP contribution in [0.2, 0.25) is 5.02 Å². The van der Waals surface area contributed by atoms with E-state index < -0.39 is 17.8 Å². The lowest BCUT2D eigenvalue weighted by Crippen LogP contribution is -2.17. The molecule has 150 valence electrons. The molecule has 0 aliphatic heterocycles. The highest BCUT2D eigenvalue weighted by molar-refractivity contribution is 6.30. The van der Waals surface area contributed by atoms with Gasteiger partial charge in [-0.1, -0.05) is 18.5 Å². The van der Waals surface area contributed by atoms with Gasteiger partial charge in [0.15, 0.2) is 0 Å². The number of nitrogens with one attached hydrogen (secondary N) is 1. The number of carbonyl (C=O) groups is 3. The number of rotatable bonds is 5. The lowest BCUT2D eigenvalue weighted by molar-refractivity contribution is 0.0599. The van der Waals surface area contributed by atoms with Crippen molar-refractivity contribution in [2.45, 2.75) is 13.3 Å². The van der Waals surface area contributed by atoms with E-state index in [0.29, 0.717) is 28.5 Å². The molecule has 29 heavy (non-hydrogen) atoms. The van der Waals surface area contributed by atoms with E-state index in [1.54, 1.807) is 22.7 Å². The molecule has 0 bridgehead atoms. The number of nitrogens with zero attached hydrogens (tertiary/aromatic N) is 2. The van der Waals surface area contributed by atoms with E-state index in [2.05, 4.69) is 10.3 Å². The van der Waals surface area contributed by atoms with Crippen LogP contribution in [-0.4, -0.2) is 41.5 Å².